The van der Waals surface area contributed by atoms with E-state index >= 15 is 0 Å². The number of aromatic nitrogens is 5. The van der Waals surface area contributed by atoms with E-state index < -0.39 is 0 Å². The van der Waals surface area contributed by atoms with Crippen LogP contribution in [0.15, 0.2) is 200 Å². The molecule has 0 radical (unpaired) electrons. The van der Waals surface area contributed by atoms with Crippen LogP contribution in [0.25, 0.3) is 100 Å². The van der Waals surface area contributed by atoms with Crippen LogP contribution in [0.3, 0.4) is 0 Å². The topological polar surface area (TPSA) is 48.5 Å². The molecule has 3 heterocycles. The molecule has 8 aromatic carbocycles. The van der Waals surface area contributed by atoms with Crippen LogP contribution in [-0.4, -0.2) is 24.1 Å². The van der Waals surface area contributed by atoms with Gasteiger partial charge < -0.3 is 9.13 Å². The summed E-state index contributed by atoms with van der Waals surface area (Å²) in [4.78, 5) is 14.8. The van der Waals surface area contributed by atoms with E-state index in [0.29, 0.717) is 17.5 Å². The fourth-order valence-corrected chi connectivity index (χ4v) is 8.08. The van der Waals surface area contributed by atoms with Gasteiger partial charge in [0.25, 0.3) is 0 Å². The van der Waals surface area contributed by atoms with Gasteiger partial charge in [0, 0.05) is 50.4 Å². The van der Waals surface area contributed by atoms with Crippen molar-refractivity contribution in [2.45, 2.75) is 0 Å². The lowest BCUT2D eigenvalue weighted by molar-refractivity contribution is 1.07. The average Bonchev–Trinajstić information content (AvgIpc) is 3.86. The Balaban J connectivity index is 1.01. The fourth-order valence-electron chi connectivity index (χ4n) is 8.08. The zero-order valence-electron chi connectivity index (χ0n) is 30.3. The molecule has 0 bridgehead atoms. The van der Waals surface area contributed by atoms with Gasteiger partial charge >= 0.3 is 0 Å². The van der Waals surface area contributed by atoms with Crippen LogP contribution < -0.4 is 0 Å². The van der Waals surface area contributed by atoms with Crippen LogP contribution in [0.5, 0.6) is 0 Å². The quantitative estimate of drug-likeness (QED) is 0.172. The third-order valence-electron chi connectivity index (χ3n) is 10.8. The molecule has 5 nitrogen and oxygen atoms in total. The van der Waals surface area contributed by atoms with Gasteiger partial charge in [-0.2, -0.15) is 0 Å². The van der Waals surface area contributed by atoms with Gasteiger partial charge in [0.1, 0.15) is 0 Å². The predicted molar refractivity (Wildman–Crippen MR) is 230 cm³/mol. The minimum Gasteiger partial charge on any atom is -0.317 e. The van der Waals surface area contributed by atoms with E-state index in [0.717, 1.165) is 39.2 Å². The molecule has 0 aliphatic carbocycles. The summed E-state index contributed by atoms with van der Waals surface area (Å²) in [5, 5.41) is 6.20. The average molecular weight is 716 g/mol. The molecule has 0 spiro atoms. The Kier molecular flexibility index (Phi) is 7.42. The largest absolute Gasteiger partial charge is 0.317 e. The standard InChI is InChI=1S/C51H33N5/c1-4-13-35(14-5-1)49-52-50(36-15-6-2-7-16-36)54-51(53-49)39-18-12-17-37(31-39)34-23-26-41(27-24-34)56-47-22-11-10-21-42(47)45-32-38-25-28-46-43(44(38)33-48(45)56)29-30-55(46)40-19-8-3-9-20-40/h1-33H. The van der Waals surface area contributed by atoms with E-state index in [-0.39, 0.29) is 0 Å². The molecule has 0 saturated heterocycles. The first-order chi connectivity index (χ1) is 27.7. The first kappa shape index (κ1) is 31.9. The summed E-state index contributed by atoms with van der Waals surface area (Å²) in [5.41, 5.74) is 10.9. The summed E-state index contributed by atoms with van der Waals surface area (Å²) in [7, 11) is 0. The van der Waals surface area contributed by atoms with Gasteiger partial charge in [0.2, 0.25) is 0 Å². The molecule has 0 unspecified atom stereocenters. The summed E-state index contributed by atoms with van der Waals surface area (Å²) >= 11 is 0. The van der Waals surface area contributed by atoms with Crippen molar-refractivity contribution in [2.75, 3.05) is 0 Å². The Bertz CT molecular complexity index is 3160. The summed E-state index contributed by atoms with van der Waals surface area (Å²) in [6, 6.07) is 68.3. The van der Waals surface area contributed by atoms with Crippen molar-refractivity contribution in [3.8, 4) is 56.7 Å². The molecule has 0 amide bonds. The maximum absolute atomic E-state index is 4.97. The van der Waals surface area contributed by atoms with Crippen molar-refractivity contribution in [2.24, 2.45) is 0 Å². The molecule has 56 heavy (non-hydrogen) atoms. The summed E-state index contributed by atoms with van der Waals surface area (Å²) in [6.45, 7) is 0. The van der Waals surface area contributed by atoms with E-state index in [1.807, 2.05) is 60.7 Å². The molecule has 11 rings (SSSR count). The van der Waals surface area contributed by atoms with Gasteiger partial charge in [-0.15, -0.1) is 0 Å². The van der Waals surface area contributed by atoms with E-state index in [1.54, 1.807) is 0 Å². The Labute approximate surface area is 323 Å². The molecule has 0 saturated carbocycles. The number of nitrogens with zero attached hydrogens (tertiary/aromatic N) is 5. The molecule has 0 N–H and O–H groups in total. The normalized spacial score (nSPS) is 11.6. The van der Waals surface area contributed by atoms with Crippen LogP contribution in [-0.2, 0) is 0 Å². The minimum atomic E-state index is 0.641. The minimum absolute atomic E-state index is 0.641. The second kappa shape index (κ2) is 13.0. The van der Waals surface area contributed by atoms with E-state index in [2.05, 4.69) is 149 Å². The molecular weight excluding hydrogens is 683 g/mol. The predicted octanol–water partition coefficient (Wildman–Crippen LogP) is 12.7. The lowest BCUT2D eigenvalue weighted by Gasteiger charge is -2.12. The number of para-hydroxylation sites is 2. The van der Waals surface area contributed by atoms with E-state index in [4.69, 9.17) is 15.0 Å². The lowest BCUT2D eigenvalue weighted by atomic mass is 10.0. The Morgan fingerprint density at radius 1 is 0.304 bits per heavy atom. The summed E-state index contributed by atoms with van der Waals surface area (Å²) in [5.74, 6) is 1.94. The monoisotopic (exact) mass is 715 g/mol. The lowest BCUT2D eigenvalue weighted by Crippen LogP contribution is -2.00. The smallest absolute Gasteiger partial charge is 0.164 e. The molecular formula is C51H33N5. The molecule has 3 aromatic heterocycles. The van der Waals surface area contributed by atoms with Crippen LogP contribution >= 0.6 is 0 Å². The van der Waals surface area contributed by atoms with Crippen LogP contribution in [0.2, 0.25) is 0 Å². The van der Waals surface area contributed by atoms with Gasteiger partial charge in [-0.1, -0.05) is 133 Å². The Hall–Kier alpha value is -7.63. The Morgan fingerprint density at radius 3 is 1.61 bits per heavy atom. The maximum Gasteiger partial charge on any atom is 0.164 e. The third kappa shape index (κ3) is 5.37. The molecule has 0 fully saturated rings. The van der Waals surface area contributed by atoms with Gasteiger partial charge in [-0.25, -0.2) is 15.0 Å². The van der Waals surface area contributed by atoms with Crippen molar-refractivity contribution in [3.63, 3.8) is 0 Å². The van der Waals surface area contributed by atoms with Crippen molar-refractivity contribution < 1.29 is 0 Å². The highest BCUT2D eigenvalue weighted by atomic mass is 15.0. The van der Waals surface area contributed by atoms with Crippen molar-refractivity contribution in [3.05, 3.63) is 200 Å². The maximum atomic E-state index is 4.97. The molecule has 11 aromatic rings. The number of hydrogen-bond donors (Lipinski definition) is 0. The highest BCUT2D eigenvalue weighted by molar-refractivity contribution is 6.18. The molecule has 0 aliphatic rings. The third-order valence-corrected chi connectivity index (χ3v) is 10.8. The zero-order chi connectivity index (χ0) is 37.0. The van der Waals surface area contributed by atoms with Crippen LogP contribution in [0.4, 0.5) is 0 Å². The Morgan fingerprint density at radius 2 is 0.893 bits per heavy atom. The van der Waals surface area contributed by atoms with Crippen molar-refractivity contribution >= 4 is 43.5 Å². The SMILES string of the molecule is c1ccc(-c2nc(-c3ccccc3)nc(-c3cccc(-c4ccc(-n5c6ccccc6c6cc7ccc8c(ccn8-c8ccccc8)c7cc65)cc4)c3)n2)cc1. The number of hydrogen-bond acceptors (Lipinski definition) is 3. The highest BCUT2D eigenvalue weighted by Gasteiger charge is 2.17. The van der Waals surface area contributed by atoms with Crippen LogP contribution in [0.1, 0.15) is 0 Å². The first-order valence-corrected chi connectivity index (χ1v) is 18.9. The van der Waals surface area contributed by atoms with Gasteiger partial charge in [-0.05, 0) is 82.6 Å². The second-order valence-corrected chi connectivity index (χ2v) is 14.1. The zero-order valence-corrected chi connectivity index (χ0v) is 30.3. The van der Waals surface area contributed by atoms with Crippen molar-refractivity contribution in [1.29, 1.82) is 0 Å². The van der Waals surface area contributed by atoms with Crippen molar-refractivity contribution in [1.82, 2.24) is 24.1 Å². The molecule has 0 aliphatic heterocycles. The van der Waals surface area contributed by atoms with E-state index in [9.17, 15) is 0 Å². The fraction of sp³-hybridized carbons (Fsp3) is 0. The highest BCUT2D eigenvalue weighted by Crippen LogP contribution is 2.38. The number of benzene rings is 8. The van der Waals surface area contributed by atoms with E-state index in [1.165, 1.54) is 43.5 Å². The number of rotatable bonds is 6. The number of fused-ring (bicyclic) bond motifs is 6. The van der Waals surface area contributed by atoms with Crippen LogP contribution in [0, 0.1) is 0 Å². The molecule has 262 valence electrons. The molecule has 5 heteroatoms. The van der Waals surface area contributed by atoms with Gasteiger partial charge in [0.15, 0.2) is 17.5 Å². The molecule has 0 atom stereocenters. The van der Waals surface area contributed by atoms with Gasteiger partial charge in [-0.3, -0.25) is 0 Å². The summed E-state index contributed by atoms with van der Waals surface area (Å²) in [6.07, 6.45) is 2.18. The summed E-state index contributed by atoms with van der Waals surface area (Å²) < 4.78 is 4.67. The second-order valence-electron chi connectivity index (χ2n) is 14.1. The first-order valence-electron chi connectivity index (χ1n) is 18.9. The van der Waals surface area contributed by atoms with Gasteiger partial charge in [0.05, 0.1) is 16.6 Å².